The molecule has 2 heterocycles. The van der Waals surface area contributed by atoms with E-state index in [-0.39, 0.29) is 5.91 Å². The fraction of sp³-hybridized carbons (Fsp3) is 0.692. The van der Waals surface area contributed by atoms with Crippen LogP contribution in [0.25, 0.3) is 0 Å². The van der Waals surface area contributed by atoms with Gasteiger partial charge in [0.05, 0.1) is 12.0 Å². The predicted octanol–water partition coefficient (Wildman–Crippen LogP) is 0.134. The maximum Gasteiger partial charge on any atom is 0.230 e. The second kappa shape index (κ2) is 5.71. The predicted molar refractivity (Wildman–Crippen MR) is 71.2 cm³/mol. The summed E-state index contributed by atoms with van der Waals surface area (Å²) in [4.78, 5) is 18.6. The topological polar surface area (TPSA) is 73.4 Å². The smallest absolute Gasteiger partial charge is 0.230 e. The van der Waals surface area contributed by atoms with Crippen molar-refractivity contribution in [3.05, 3.63) is 18.2 Å². The van der Waals surface area contributed by atoms with E-state index in [1.54, 1.807) is 11.1 Å². The molecule has 6 nitrogen and oxygen atoms in total. The molecule has 1 aliphatic rings. The first-order chi connectivity index (χ1) is 9.09. The van der Waals surface area contributed by atoms with E-state index in [0.29, 0.717) is 39.1 Å². The first-order valence-electron chi connectivity index (χ1n) is 6.59. The number of imidazole rings is 1. The number of rotatable bonds is 4. The van der Waals surface area contributed by atoms with Crippen LogP contribution in [-0.2, 0) is 23.1 Å². The Labute approximate surface area is 113 Å². The first kappa shape index (κ1) is 14.0. The van der Waals surface area contributed by atoms with Gasteiger partial charge >= 0.3 is 0 Å². The summed E-state index contributed by atoms with van der Waals surface area (Å²) in [5.41, 5.74) is 5.40. The van der Waals surface area contributed by atoms with Gasteiger partial charge in [-0.2, -0.15) is 0 Å². The molecule has 1 fully saturated rings. The van der Waals surface area contributed by atoms with Crippen molar-refractivity contribution in [1.29, 1.82) is 0 Å². The van der Waals surface area contributed by atoms with Gasteiger partial charge < -0.3 is 19.9 Å². The molecule has 0 bridgehead atoms. The van der Waals surface area contributed by atoms with Crippen LogP contribution in [0.1, 0.15) is 18.7 Å². The molecule has 0 radical (unpaired) electrons. The van der Waals surface area contributed by atoms with E-state index in [4.69, 9.17) is 10.5 Å². The highest BCUT2D eigenvalue weighted by atomic mass is 16.5. The summed E-state index contributed by atoms with van der Waals surface area (Å²) in [6.45, 7) is 2.10. The van der Waals surface area contributed by atoms with Gasteiger partial charge in [0.25, 0.3) is 0 Å². The highest BCUT2D eigenvalue weighted by Crippen LogP contribution is 2.31. The van der Waals surface area contributed by atoms with Crippen LogP contribution in [0.2, 0.25) is 0 Å². The molecule has 1 amide bonds. The normalized spacial score (nSPS) is 18.3. The van der Waals surface area contributed by atoms with Crippen molar-refractivity contribution < 1.29 is 9.53 Å². The Morgan fingerprint density at radius 3 is 2.79 bits per heavy atom. The van der Waals surface area contributed by atoms with Crippen molar-refractivity contribution in [3.8, 4) is 0 Å². The number of hydrogen-bond acceptors (Lipinski definition) is 4. The van der Waals surface area contributed by atoms with Crippen molar-refractivity contribution in [1.82, 2.24) is 14.5 Å². The molecule has 1 saturated heterocycles. The molecule has 0 atom stereocenters. The van der Waals surface area contributed by atoms with Crippen LogP contribution < -0.4 is 5.73 Å². The number of nitrogens with zero attached hydrogens (tertiary/aromatic N) is 3. The molecular weight excluding hydrogens is 244 g/mol. The van der Waals surface area contributed by atoms with Gasteiger partial charge in [0, 0.05) is 46.2 Å². The molecule has 0 aliphatic carbocycles. The highest BCUT2D eigenvalue weighted by Gasteiger charge is 2.40. The average Bonchev–Trinajstić information content (AvgIpc) is 2.84. The van der Waals surface area contributed by atoms with Crippen LogP contribution >= 0.6 is 0 Å². The number of ether oxygens (including phenoxy) is 1. The minimum atomic E-state index is -0.460. The van der Waals surface area contributed by atoms with Gasteiger partial charge in [0.2, 0.25) is 5.91 Å². The summed E-state index contributed by atoms with van der Waals surface area (Å²) in [6, 6.07) is 0. The van der Waals surface area contributed by atoms with Crippen molar-refractivity contribution in [2.45, 2.75) is 19.4 Å². The van der Waals surface area contributed by atoms with Crippen molar-refractivity contribution in [2.75, 3.05) is 26.8 Å². The monoisotopic (exact) mass is 266 g/mol. The number of carbonyl (C=O) groups is 1. The van der Waals surface area contributed by atoms with Crippen LogP contribution in [0.4, 0.5) is 0 Å². The fourth-order valence-corrected chi connectivity index (χ4v) is 2.51. The van der Waals surface area contributed by atoms with Crippen LogP contribution in [0.5, 0.6) is 0 Å². The molecule has 0 unspecified atom stereocenters. The van der Waals surface area contributed by atoms with E-state index in [1.165, 1.54) is 0 Å². The number of carbonyl (C=O) groups excluding carboxylic acids is 1. The Kier molecular flexibility index (Phi) is 4.21. The number of amides is 1. The van der Waals surface area contributed by atoms with E-state index >= 15 is 0 Å². The van der Waals surface area contributed by atoms with E-state index < -0.39 is 5.41 Å². The summed E-state index contributed by atoms with van der Waals surface area (Å²) < 4.78 is 7.26. The molecule has 1 aromatic rings. The Bertz CT molecular complexity index is 438. The highest BCUT2D eigenvalue weighted by molar-refractivity contribution is 5.82. The Hall–Kier alpha value is -1.40. The van der Waals surface area contributed by atoms with E-state index in [0.717, 1.165) is 5.82 Å². The van der Waals surface area contributed by atoms with Crippen molar-refractivity contribution in [3.63, 3.8) is 0 Å². The van der Waals surface area contributed by atoms with Gasteiger partial charge in [-0.05, 0) is 12.8 Å². The number of nitrogens with two attached hydrogens (primary N) is 1. The van der Waals surface area contributed by atoms with Crippen LogP contribution in [0, 0.1) is 5.41 Å². The zero-order chi connectivity index (χ0) is 13.9. The molecule has 2 N–H and O–H groups in total. The fourth-order valence-electron chi connectivity index (χ4n) is 2.51. The maximum absolute atomic E-state index is 12.6. The van der Waals surface area contributed by atoms with Crippen molar-refractivity contribution >= 4 is 5.91 Å². The lowest BCUT2D eigenvalue weighted by molar-refractivity contribution is -0.146. The zero-order valence-corrected chi connectivity index (χ0v) is 11.6. The number of aryl methyl sites for hydroxylation is 1. The van der Waals surface area contributed by atoms with E-state index in [1.807, 2.05) is 24.9 Å². The SMILES string of the molecule is CN(Cc1nccn1C)C(=O)C1(CN)CCOCC1. The third-order valence-corrected chi connectivity index (χ3v) is 3.94. The molecule has 6 heteroatoms. The van der Waals surface area contributed by atoms with Gasteiger partial charge in [-0.15, -0.1) is 0 Å². The summed E-state index contributed by atoms with van der Waals surface area (Å²) in [5.74, 6) is 0.969. The molecule has 0 spiro atoms. The Morgan fingerprint density at radius 2 is 2.26 bits per heavy atom. The lowest BCUT2D eigenvalue weighted by Gasteiger charge is -2.37. The quantitative estimate of drug-likeness (QED) is 0.841. The molecular formula is C13H22N4O2. The summed E-state index contributed by atoms with van der Waals surface area (Å²) >= 11 is 0. The summed E-state index contributed by atoms with van der Waals surface area (Å²) in [6.07, 6.45) is 5.02. The van der Waals surface area contributed by atoms with Gasteiger partial charge in [-0.3, -0.25) is 4.79 Å². The molecule has 1 aliphatic heterocycles. The first-order valence-corrected chi connectivity index (χ1v) is 6.59. The third-order valence-electron chi connectivity index (χ3n) is 3.94. The number of aromatic nitrogens is 2. The zero-order valence-electron chi connectivity index (χ0n) is 11.6. The minimum absolute atomic E-state index is 0.0984. The van der Waals surface area contributed by atoms with Crippen LogP contribution in [-0.4, -0.2) is 47.2 Å². The molecule has 2 rings (SSSR count). The largest absolute Gasteiger partial charge is 0.381 e. The van der Waals surface area contributed by atoms with Gasteiger partial charge in [-0.1, -0.05) is 0 Å². The third kappa shape index (κ3) is 2.79. The Morgan fingerprint density at radius 1 is 1.58 bits per heavy atom. The van der Waals surface area contributed by atoms with Crippen molar-refractivity contribution in [2.24, 2.45) is 18.2 Å². The Balaban J connectivity index is 2.07. The minimum Gasteiger partial charge on any atom is -0.381 e. The van der Waals surface area contributed by atoms with E-state index in [9.17, 15) is 4.79 Å². The lowest BCUT2D eigenvalue weighted by Crippen LogP contribution is -2.49. The lowest BCUT2D eigenvalue weighted by atomic mass is 9.79. The molecule has 19 heavy (non-hydrogen) atoms. The van der Waals surface area contributed by atoms with Gasteiger partial charge in [0.15, 0.2) is 0 Å². The average molecular weight is 266 g/mol. The standard InChI is InChI=1S/C13H22N4O2/c1-16-6-5-15-11(16)9-17(2)12(18)13(10-14)3-7-19-8-4-13/h5-6H,3-4,7-10,14H2,1-2H3. The maximum atomic E-state index is 12.6. The summed E-state index contributed by atoms with van der Waals surface area (Å²) in [5, 5.41) is 0. The van der Waals surface area contributed by atoms with Crippen LogP contribution in [0.3, 0.4) is 0 Å². The molecule has 0 saturated carbocycles. The molecule has 0 aromatic carbocycles. The molecule has 1 aromatic heterocycles. The van der Waals surface area contributed by atoms with Crippen LogP contribution in [0.15, 0.2) is 12.4 Å². The van der Waals surface area contributed by atoms with E-state index in [2.05, 4.69) is 4.98 Å². The summed E-state index contributed by atoms with van der Waals surface area (Å²) in [7, 11) is 3.73. The number of hydrogen-bond donors (Lipinski definition) is 1. The van der Waals surface area contributed by atoms with Gasteiger partial charge in [0.1, 0.15) is 5.82 Å². The second-order valence-corrected chi connectivity index (χ2v) is 5.21. The molecule has 106 valence electrons. The van der Waals surface area contributed by atoms with Gasteiger partial charge in [-0.25, -0.2) is 4.98 Å². The second-order valence-electron chi connectivity index (χ2n) is 5.21.